The molecule has 0 aliphatic carbocycles. The van der Waals surface area contributed by atoms with Gasteiger partial charge in [-0.1, -0.05) is 30.3 Å². The average molecular weight is 206 g/mol. The standard InChI is InChI=1S/C13H22N2/c1-14-13(11-15(2)3)10-9-12-7-5-4-6-8-12/h4-8,13-14H,9-11H2,1-3H3. The molecule has 1 atom stereocenters. The van der Waals surface area contributed by atoms with Crippen LogP contribution in [0, 0.1) is 0 Å². The quantitative estimate of drug-likeness (QED) is 0.763. The van der Waals surface area contributed by atoms with E-state index in [1.165, 1.54) is 12.0 Å². The van der Waals surface area contributed by atoms with Crippen LogP contribution in [0.1, 0.15) is 12.0 Å². The van der Waals surface area contributed by atoms with Gasteiger partial charge in [-0.2, -0.15) is 0 Å². The summed E-state index contributed by atoms with van der Waals surface area (Å²) in [7, 11) is 6.28. The van der Waals surface area contributed by atoms with Gasteiger partial charge in [0.05, 0.1) is 0 Å². The predicted molar refractivity (Wildman–Crippen MR) is 66.2 cm³/mol. The predicted octanol–water partition coefficient (Wildman–Crippen LogP) is 1.77. The topological polar surface area (TPSA) is 15.3 Å². The van der Waals surface area contributed by atoms with Crippen molar-refractivity contribution in [2.24, 2.45) is 0 Å². The van der Waals surface area contributed by atoms with Crippen molar-refractivity contribution in [1.29, 1.82) is 0 Å². The normalized spacial score (nSPS) is 13.1. The molecule has 0 saturated carbocycles. The molecule has 15 heavy (non-hydrogen) atoms. The highest BCUT2D eigenvalue weighted by Crippen LogP contribution is 2.05. The molecule has 0 fully saturated rings. The number of hydrogen-bond acceptors (Lipinski definition) is 2. The maximum absolute atomic E-state index is 3.36. The molecule has 1 aromatic rings. The Hall–Kier alpha value is -0.860. The lowest BCUT2D eigenvalue weighted by atomic mass is 10.1. The molecule has 84 valence electrons. The third-order valence-corrected chi connectivity index (χ3v) is 2.62. The highest BCUT2D eigenvalue weighted by molar-refractivity contribution is 5.14. The van der Waals surface area contributed by atoms with Crippen molar-refractivity contribution in [2.45, 2.75) is 18.9 Å². The molecule has 1 N–H and O–H groups in total. The molecular formula is C13H22N2. The Bertz CT molecular complexity index is 256. The molecular weight excluding hydrogens is 184 g/mol. The summed E-state index contributed by atoms with van der Waals surface area (Å²) in [5.74, 6) is 0. The van der Waals surface area contributed by atoms with E-state index in [4.69, 9.17) is 0 Å². The summed E-state index contributed by atoms with van der Waals surface area (Å²) < 4.78 is 0. The molecule has 1 aromatic carbocycles. The van der Waals surface area contributed by atoms with E-state index in [0.717, 1.165) is 13.0 Å². The molecule has 0 radical (unpaired) electrons. The third-order valence-electron chi connectivity index (χ3n) is 2.62. The highest BCUT2D eigenvalue weighted by atomic mass is 15.1. The fourth-order valence-electron chi connectivity index (χ4n) is 1.75. The molecule has 0 heterocycles. The molecule has 0 saturated heterocycles. The van der Waals surface area contributed by atoms with Gasteiger partial charge in [-0.15, -0.1) is 0 Å². The van der Waals surface area contributed by atoms with Gasteiger partial charge in [0, 0.05) is 12.6 Å². The zero-order valence-corrected chi connectivity index (χ0v) is 10.0. The van der Waals surface area contributed by atoms with E-state index < -0.39 is 0 Å². The first-order valence-electron chi connectivity index (χ1n) is 5.58. The van der Waals surface area contributed by atoms with Gasteiger partial charge in [-0.3, -0.25) is 0 Å². The summed E-state index contributed by atoms with van der Waals surface area (Å²) in [5, 5.41) is 3.36. The summed E-state index contributed by atoms with van der Waals surface area (Å²) >= 11 is 0. The van der Waals surface area contributed by atoms with E-state index in [1.54, 1.807) is 0 Å². The Kier molecular flexibility index (Phi) is 5.37. The first-order chi connectivity index (χ1) is 7.22. The van der Waals surface area contributed by atoms with Crippen LogP contribution in [0.2, 0.25) is 0 Å². The number of aryl methyl sites for hydroxylation is 1. The van der Waals surface area contributed by atoms with Crippen molar-refractivity contribution < 1.29 is 0 Å². The van der Waals surface area contributed by atoms with Crippen LogP contribution < -0.4 is 5.32 Å². The molecule has 0 amide bonds. The van der Waals surface area contributed by atoms with E-state index in [9.17, 15) is 0 Å². The first-order valence-corrected chi connectivity index (χ1v) is 5.58. The molecule has 1 rings (SSSR count). The Balaban J connectivity index is 2.34. The summed E-state index contributed by atoms with van der Waals surface area (Å²) in [6.45, 7) is 1.10. The second-order valence-electron chi connectivity index (χ2n) is 4.27. The number of likely N-dealkylation sites (N-methyl/N-ethyl adjacent to an activating group) is 2. The summed E-state index contributed by atoms with van der Waals surface area (Å²) in [6.07, 6.45) is 2.35. The number of benzene rings is 1. The number of rotatable bonds is 6. The van der Waals surface area contributed by atoms with Crippen molar-refractivity contribution in [2.75, 3.05) is 27.7 Å². The van der Waals surface area contributed by atoms with Gasteiger partial charge in [0.1, 0.15) is 0 Å². The minimum atomic E-state index is 0.584. The lowest BCUT2D eigenvalue weighted by Crippen LogP contribution is -2.36. The van der Waals surface area contributed by atoms with Gasteiger partial charge < -0.3 is 10.2 Å². The minimum absolute atomic E-state index is 0.584. The van der Waals surface area contributed by atoms with Crippen molar-refractivity contribution in [1.82, 2.24) is 10.2 Å². The van der Waals surface area contributed by atoms with Crippen LogP contribution >= 0.6 is 0 Å². The number of nitrogens with one attached hydrogen (secondary N) is 1. The maximum atomic E-state index is 3.36. The van der Waals surface area contributed by atoms with Gasteiger partial charge in [0.25, 0.3) is 0 Å². The van der Waals surface area contributed by atoms with E-state index in [0.29, 0.717) is 6.04 Å². The molecule has 0 spiro atoms. The monoisotopic (exact) mass is 206 g/mol. The number of hydrogen-bond donors (Lipinski definition) is 1. The molecule has 0 aliphatic heterocycles. The Morgan fingerprint density at radius 3 is 2.40 bits per heavy atom. The maximum Gasteiger partial charge on any atom is 0.0194 e. The van der Waals surface area contributed by atoms with Crippen molar-refractivity contribution >= 4 is 0 Å². The Morgan fingerprint density at radius 2 is 1.87 bits per heavy atom. The van der Waals surface area contributed by atoms with Crippen LogP contribution in [0.3, 0.4) is 0 Å². The Labute approximate surface area is 93.3 Å². The van der Waals surface area contributed by atoms with E-state index in [2.05, 4.69) is 54.6 Å². The molecule has 0 aromatic heterocycles. The minimum Gasteiger partial charge on any atom is -0.316 e. The summed E-state index contributed by atoms with van der Waals surface area (Å²) in [5.41, 5.74) is 1.43. The van der Waals surface area contributed by atoms with Crippen LogP contribution in [-0.2, 0) is 6.42 Å². The van der Waals surface area contributed by atoms with Gasteiger partial charge in [0.2, 0.25) is 0 Å². The van der Waals surface area contributed by atoms with Crippen LogP contribution in [-0.4, -0.2) is 38.6 Å². The van der Waals surface area contributed by atoms with Crippen LogP contribution in [0.4, 0.5) is 0 Å². The first kappa shape index (κ1) is 12.2. The highest BCUT2D eigenvalue weighted by Gasteiger charge is 2.06. The fourth-order valence-corrected chi connectivity index (χ4v) is 1.75. The lowest BCUT2D eigenvalue weighted by molar-refractivity contribution is 0.337. The Morgan fingerprint density at radius 1 is 1.20 bits per heavy atom. The van der Waals surface area contributed by atoms with Gasteiger partial charge in [-0.05, 0) is 39.5 Å². The van der Waals surface area contributed by atoms with Gasteiger partial charge in [0.15, 0.2) is 0 Å². The largest absolute Gasteiger partial charge is 0.316 e. The molecule has 0 aliphatic rings. The second kappa shape index (κ2) is 6.59. The summed E-state index contributed by atoms with van der Waals surface area (Å²) in [6, 6.07) is 11.3. The van der Waals surface area contributed by atoms with Gasteiger partial charge >= 0.3 is 0 Å². The van der Waals surface area contributed by atoms with Crippen LogP contribution in [0.5, 0.6) is 0 Å². The number of nitrogens with zero attached hydrogens (tertiary/aromatic N) is 1. The van der Waals surface area contributed by atoms with Crippen LogP contribution in [0.25, 0.3) is 0 Å². The molecule has 0 bridgehead atoms. The SMILES string of the molecule is CNC(CCc1ccccc1)CN(C)C. The lowest BCUT2D eigenvalue weighted by Gasteiger charge is -2.20. The zero-order valence-electron chi connectivity index (χ0n) is 10.0. The molecule has 2 heteroatoms. The summed E-state index contributed by atoms with van der Waals surface area (Å²) in [4.78, 5) is 2.23. The zero-order chi connectivity index (χ0) is 11.1. The van der Waals surface area contributed by atoms with Crippen molar-refractivity contribution in [3.05, 3.63) is 35.9 Å². The van der Waals surface area contributed by atoms with E-state index >= 15 is 0 Å². The smallest absolute Gasteiger partial charge is 0.0194 e. The van der Waals surface area contributed by atoms with Gasteiger partial charge in [-0.25, -0.2) is 0 Å². The third kappa shape index (κ3) is 4.96. The van der Waals surface area contributed by atoms with Crippen molar-refractivity contribution in [3.63, 3.8) is 0 Å². The molecule has 2 nitrogen and oxygen atoms in total. The van der Waals surface area contributed by atoms with Crippen molar-refractivity contribution in [3.8, 4) is 0 Å². The molecule has 1 unspecified atom stereocenters. The van der Waals surface area contributed by atoms with Crippen LogP contribution in [0.15, 0.2) is 30.3 Å². The van der Waals surface area contributed by atoms with E-state index in [1.807, 2.05) is 7.05 Å². The van der Waals surface area contributed by atoms with E-state index in [-0.39, 0.29) is 0 Å². The average Bonchev–Trinajstić information content (AvgIpc) is 2.25. The fraction of sp³-hybridized carbons (Fsp3) is 0.538. The second-order valence-corrected chi connectivity index (χ2v) is 4.27.